The number of quaternary nitrogens is 1. The van der Waals surface area contributed by atoms with Crippen molar-refractivity contribution in [3.8, 4) is 0 Å². The van der Waals surface area contributed by atoms with Gasteiger partial charge >= 0.3 is 0 Å². The van der Waals surface area contributed by atoms with E-state index in [1.54, 1.807) is 0 Å². The monoisotopic (exact) mass is 244 g/mol. The molecular formula is C14H32N2O. The molecule has 0 aliphatic carbocycles. The molecule has 1 aliphatic heterocycles. The van der Waals surface area contributed by atoms with Gasteiger partial charge in [-0.1, -0.05) is 0 Å². The van der Waals surface area contributed by atoms with Gasteiger partial charge in [-0.05, 0) is 41.7 Å². The van der Waals surface area contributed by atoms with Crippen molar-refractivity contribution in [1.29, 1.82) is 0 Å². The summed E-state index contributed by atoms with van der Waals surface area (Å²) in [6, 6.07) is 0.784. The van der Waals surface area contributed by atoms with Crippen molar-refractivity contribution in [3.63, 3.8) is 0 Å². The number of piperidine rings is 1. The smallest absolute Gasteiger partial charge is 0.0921 e. The first kappa shape index (κ1) is 16.9. The highest BCUT2D eigenvalue weighted by molar-refractivity contribution is 4.98. The molecule has 1 aliphatic rings. The fourth-order valence-electron chi connectivity index (χ4n) is 3.07. The highest BCUT2D eigenvalue weighted by Gasteiger charge is 2.47. The predicted molar refractivity (Wildman–Crippen MR) is 73.5 cm³/mol. The van der Waals surface area contributed by atoms with Gasteiger partial charge in [0.2, 0.25) is 0 Å². The highest BCUT2D eigenvalue weighted by Crippen LogP contribution is 2.39. The molecule has 104 valence electrons. The summed E-state index contributed by atoms with van der Waals surface area (Å²) in [5, 5.41) is 0. The lowest BCUT2D eigenvalue weighted by atomic mass is 9.76. The van der Waals surface area contributed by atoms with Crippen molar-refractivity contribution >= 4 is 0 Å². The van der Waals surface area contributed by atoms with E-state index in [-0.39, 0.29) is 5.48 Å². The third kappa shape index (κ3) is 3.21. The van der Waals surface area contributed by atoms with Crippen molar-refractivity contribution in [2.45, 2.75) is 64.6 Å². The first-order valence-electron chi connectivity index (χ1n) is 6.59. The molecule has 1 rings (SSSR count). The fourth-order valence-corrected chi connectivity index (χ4v) is 3.07. The summed E-state index contributed by atoms with van der Waals surface area (Å²) >= 11 is 0. The van der Waals surface area contributed by atoms with Crippen molar-refractivity contribution < 1.29 is 9.96 Å². The third-order valence-electron chi connectivity index (χ3n) is 5.09. The van der Waals surface area contributed by atoms with Gasteiger partial charge < -0.3 is 9.96 Å². The topological polar surface area (TPSA) is 33.2 Å². The number of nitrogens with zero attached hydrogens (tertiary/aromatic N) is 2. The molecule has 17 heavy (non-hydrogen) atoms. The van der Waals surface area contributed by atoms with Gasteiger partial charge in [0.25, 0.3) is 0 Å². The van der Waals surface area contributed by atoms with Crippen LogP contribution >= 0.6 is 0 Å². The number of hydrogen-bond donors (Lipinski definition) is 0. The minimum atomic E-state index is 0. The van der Waals surface area contributed by atoms with Crippen LogP contribution < -0.4 is 0 Å². The molecule has 0 unspecified atom stereocenters. The molecule has 3 nitrogen and oxygen atoms in total. The summed E-state index contributed by atoms with van der Waals surface area (Å²) in [7, 11) is 7.03. The molecule has 1 heterocycles. The summed E-state index contributed by atoms with van der Waals surface area (Å²) in [5.74, 6) is 0. The Morgan fingerprint density at radius 2 is 1.41 bits per heavy atom. The van der Waals surface area contributed by atoms with Crippen LogP contribution in [0.15, 0.2) is 0 Å². The van der Waals surface area contributed by atoms with Crippen molar-refractivity contribution in [3.05, 3.63) is 0 Å². The van der Waals surface area contributed by atoms with E-state index >= 15 is 0 Å². The zero-order chi connectivity index (χ0) is 12.8. The Morgan fingerprint density at radius 3 is 1.71 bits per heavy atom. The maximum Gasteiger partial charge on any atom is 0.0921 e. The summed E-state index contributed by atoms with van der Waals surface area (Å²) in [4.78, 5) is 2.56. The molecule has 0 bridgehead atoms. The number of likely N-dealkylation sites (tertiary alicyclic amines) is 1. The van der Waals surface area contributed by atoms with E-state index < -0.39 is 0 Å². The lowest BCUT2D eigenvalue weighted by Gasteiger charge is -2.56. The lowest BCUT2D eigenvalue weighted by Crippen LogP contribution is -2.65. The first-order chi connectivity index (χ1) is 7.03. The zero-order valence-corrected chi connectivity index (χ0v) is 13.0. The van der Waals surface area contributed by atoms with E-state index in [0.29, 0.717) is 11.1 Å². The standard InChI is InChI=1S/C14H31N2.H2O/c1-9-16(7,8)12-10-13(2,3)15(6)14(4,5)11-12;/h12H,9-11H2,1-8H3;1H2/q+1;/p-1. The summed E-state index contributed by atoms with van der Waals surface area (Å²) in [6.45, 7) is 13.1. The summed E-state index contributed by atoms with van der Waals surface area (Å²) in [6.07, 6.45) is 2.60. The highest BCUT2D eigenvalue weighted by atomic mass is 16.0. The molecule has 0 amide bonds. The van der Waals surface area contributed by atoms with Gasteiger partial charge in [-0.25, -0.2) is 0 Å². The second-order valence-corrected chi connectivity index (χ2v) is 7.34. The molecule has 0 atom stereocenters. The van der Waals surface area contributed by atoms with Gasteiger partial charge in [0.15, 0.2) is 0 Å². The SMILES string of the molecule is CC[N+](C)(C)C1CC(C)(C)N(C)C(C)(C)C1.[OH-]. The molecule has 0 spiro atoms. The van der Waals surface area contributed by atoms with Crippen LogP contribution in [0.25, 0.3) is 0 Å². The number of rotatable bonds is 2. The molecule has 0 saturated carbocycles. The van der Waals surface area contributed by atoms with Crippen LogP contribution in [0.3, 0.4) is 0 Å². The zero-order valence-electron chi connectivity index (χ0n) is 13.0. The Hall–Kier alpha value is -0.120. The maximum atomic E-state index is 2.56. The Labute approximate surface area is 108 Å². The van der Waals surface area contributed by atoms with Crippen LogP contribution in [0.5, 0.6) is 0 Å². The van der Waals surface area contributed by atoms with E-state index in [0.717, 1.165) is 10.5 Å². The van der Waals surface area contributed by atoms with Crippen molar-refractivity contribution in [1.82, 2.24) is 4.90 Å². The first-order valence-corrected chi connectivity index (χ1v) is 6.59. The van der Waals surface area contributed by atoms with Gasteiger partial charge in [-0.2, -0.15) is 0 Å². The minimum absolute atomic E-state index is 0. The average molecular weight is 244 g/mol. The third-order valence-corrected chi connectivity index (χ3v) is 5.09. The molecule has 1 N–H and O–H groups in total. The van der Waals surface area contributed by atoms with Crippen LogP contribution in [0.4, 0.5) is 0 Å². The van der Waals surface area contributed by atoms with Gasteiger partial charge in [-0.3, -0.25) is 4.90 Å². The summed E-state index contributed by atoms with van der Waals surface area (Å²) < 4.78 is 1.15. The molecule has 0 radical (unpaired) electrons. The molecule has 0 aromatic heterocycles. The van der Waals surface area contributed by atoms with Crippen LogP contribution in [-0.4, -0.2) is 59.7 Å². The fraction of sp³-hybridized carbons (Fsp3) is 1.00. The van der Waals surface area contributed by atoms with E-state index in [4.69, 9.17) is 0 Å². The molecular weight excluding hydrogens is 212 g/mol. The summed E-state index contributed by atoms with van der Waals surface area (Å²) in [5.41, 5.74) is 0.633. The molecule has 3 heteroatoms. The minimum Gasteiger partial charge on any atom is -0.870 e. The molecule has 0 aromatic rings. The van der Waals surface area contributed by atoms with Crippen molar-refractivity contribution in [2.24, 2.45) is 0 Å². The second-order valence-electron chi connectivity index (χ2n) is 7.34. The Kier molecular flexibility index (Phi) is 4.83. The second kappa shape index (κ2) is 4.87. The molecule has 1 fully saturated rings. The van der Waals surface area contributed by atoms with E-state index in [9.17, 15) is 0 Å². The van der Waals surface area contributed by atoms with Gasteiger partial charge in [0, 0.05) is 23.9 Å². The average Bonchev–Trinajstić information content (AvgIpc) is 2.13. The number of hydrogen-bond acceptors (Lipinski definition) is 2. The Morgan fingerprint density at radius 1 is 1.06 bits per heavy atom. The van der Waals surface area contributed by atoms with Crippen LogP contribution in [-0.2, 0) is 0 Å². The van der Waals surface area contributed by atoms with E-state index in [1.165, 1.54) is 19.4 Å². The molecule has 1 saturated heterocycles. The van der Waals surface area contributed by atoms with Crippen molar-refractivity contribution in [2.75, 3.05) is 27.7 Å². The van der Waals surface area contributed by atoms with Crippen LogP contribution in [0, 0.1) is 0 Å². The Balaban J connectivity index is 0.00000256. The van der Waals surface area contributed by atoms with E-state index in [2.05, 4.69) is 60.7 Å². The van der Waals surface area contributed by atoms with Crippen LogP contribution in [0.1, 0.15) is 47.5 Å². The predicted octanol–water partition coefficient (Wildman–Crippen LogP) is 2.56. The van der Waals surface area contributed by atoms with Crippen LogP contribution in [0.2, 0.25) is 0 Å². The normalized spacial score (nSPS) is 25.4. The largest absolute Gasteiger partial charge is 0.870 e. The maximum absolute atomic E-state index is 2.56. The molecule has 0 aromatic carbocycles. The van der Waals surface area contributed by atoms with Gasteiger partial charge in [0.05, 0.1) is 26.7 Å². The van der Waals surface area contributed by atoms with E-state index in [1.807, 2.05) is 0 Å². The van der Waals surface area contributed by atoms with Gasteiger partial charge in [-0.15, -0.1) is 0 Å². The quantitative estimate of drug-likeness (QED) is 0.699. The lowest BCUT2D eigenvalue weighted by molar-refractivity contribution is -0.916. The Bertz CT molecular complexity index is 241. The van der Waals surface area contributed by atoms with Gasteiger partial charge in [0.1, 0.15) is 0 Å².